The van der Waals surface area contributed by atoms with Crippen molar-refractivity contribution in [3.8, 4) is 0 Å². The van der Waals surface area contributed by atoms with Crippen molar-refractivity contribution in [2.24, 2.45) is 17.4 Å². The number of carbonyl (C=O) groups excluding carboxylic acids is 2. The Balaban J connectivity index is 0.00000288. The molecule has 5 N–H and O–H groups in total. The molecule has 1 aromatic carbocycles. The summed E-state index contributed by atoms with van der Waals surface area (Å²) >= 11 is 0. The van der Waals surface area contributed by atoms with Crippen LogP contribution >= 0.6 is 24.8 Å². The Morgan fingerprint density at radius 2 is 1.92 bits per heavy atom. The van der Waals surface area contributed by atoms with E-state index in [-0.39, 0.29) is 48.6 Å². The van der Waals surface area contributed by atoms with E-state index in [2.05, 4.69) is 10.2 Å². The van der Waals surface area contributed by atoms with E-state index in [4.69, 9.17) is 11.5 Å². The first-order valence-electron chi connectivity index (χ1n) is 8.10. The Bertz CT molecular complexity index is 552. The highest BCUT2D eigenvalue weighted by Gasteiger charge is 2.23. The second-order valence-electron chi connectivity index (χ2n) is 6.40. The van der Waals surface area contributed by atoms with Crippen molar-refractivity contribution >= 4 is 42.3 Å². The lowest BCUT2D eigenvalue weighted by Gasteiger charge is -2.31. The zero-order valence-electron chi connectivity index (χ0n) is 14.4. The van der Waals surface area contributed by atoms with Crippen LogP contribution in [0.3, 0.4) is 0 Å². The highest BCUT2D eigenvalue weighted by molar-refractivity contribution is 5.91. The Kier molecular flexibility index (Phi) is 10.7. The Morgan fingerprint density at radius 1 is 1.28 bits per heavy atom. The fourth-order valence-corrected chi connectivity index (χ4v) is 2.89. The zero-order valence-corrected chi connectivity index (χ0v) is 16.1. The highest BCUT2D eigenvalue weighted by atomic mass is 35.5. The number of carbonyl (C=O) groups is 2. The summed E-state index contributed by atoms with van der Waals surface area (Å²) in [5.74, 6) is -0.324. The van der Waals surface area contributed by atoms with Gasteiger partial charge in [-0.05, 0) is 44.0 Å². The second kappa shape index (κ2) is 11.3. The van der Waals surface area contributed by atoms with Gasteiger partial charge in [0, 0.05) is 31.2 Å². The Labute approximate surface area is 161 Å². The van der Waals surface area contributed by atoms with Gasteiger partial charge in [0.1, 0.15) is 0 Å². The fraction of sp³-hybridized carbons (Fsp3) is 0.529. The minimum atomic E-state index is -0.207. The maximum absolute atomic E-state index is 11.7. The Morgan fingerprint density at radius 3 is 2.48 bits per heavy atom. The van der Waals surface area contributed by atoms with Gasteiger partial charge < -0.3 is 16.8 Å². The summed E-state index contributed by atoms with van der Waals surface area (Å²) in [4.78, 5) is 25.3. The fourth-order valence-electron chi connectivity index (χ4n) is 2.89. The molecule has 1 aliphatic rings. The van der Waals surface area contributed by atoms with Gasteiger partial charge in [0.05, 0.1) is 5.92 Å². The van der Waals surface area contributed by atoms with Crippen molar-refractivity contribution in [1.29, 1.82) is 0 Å². The third-order valence-electron chi connectivity index (χ3n) is 4.06. The number of hydrogen-bond donors (Lipinski definition) is 3. The van der Waals surface area contributed by atoms with Crippen LogP contribution in [0.15, 0.2) is 24.3 Å². The quantitative estimate of drug-likeness (QED) is 0.689. The number of nitrogens with zero attached hydrogens (tertiary/aromatic N) is 1. The molecule has 1 aliphatic heterocycles. The van der Waals surface area contributed by atoms with Crippen LogP contribution in [0.2, 0.25) is 0 Å². The van der Waals surface area contributed by atoms with E-state index in [1.807, 2.05) is 24.3 Å². The lowest BCUT2D eigenvalue weighted by Crippen LogP contribution is -2.40. The van der Waals surface area contributed by atoms with Gasteiger partial charge in [-0.1, -0.05) is 12.1 Å². The topological polar surface area (TPSA) is 101 Å². The predicted molar refractivity (Wildman–Crippen MR) is 105 cm³/mol. The third-order valence-corrected chi connectivity index (χ3v) is 4.06. The number of anilines is 1. The van der Waals surface area contributed by atoms with Gasteiger partial charge in [-0.3, -0.25) is 14.5 Å². The van der Waals surface area contributed by atoms with E-state index in [0.29, 0.717) is 6.42 Å². The van der Waals surface area contributed by atoms with Gasteiger partial charge in [0.25, 0.3) is 0 Å². The number of nitrogens with one attached hydrogen (secondary N) is 1. The van der Waals surface area contributed by atoms with Crippen molar-refractivity contribution in [2.75, 3.05) is 18.4 Å². The molecule has 2 atom stereocenters. The molecule has 1 fully saturated rings. The molecule has 6 nitrogen and oxygen atoms in total. The minimum absolute atomic E-state index is 0. The van der Waals surface area contributed by atoms with E-state index >= 15 is 0 Å². The van der Waals surface area contributed by atoms with Crippen molar-refractivity contribution in [1.82, 2.24) is 4.90 Å². The Hall–Kier alpha value is -1.34. The highest BCUT2D eigenvalue weighted by Crippen LogP contribution is 2.19. The number of amides is 2. The number of nitrogens with two attached hydrogens (primary N) is 2. The summed E-state index contributed by atoms with van der Waals surface area (Å²) in [6, 6.07) is 7.63. The standard InChI is InChI=1S/C17H26N4O2.2ClH/c1-12(18)9-16(22)20-15-6-4-13(5-7-15)10-21-8-2-3-14(11-21)17(19)23;;/h4-7,12,14H,2-3,8-11,18H2,1H3,(H2,19,23)(H,20,22);2*1H. The van der Waals surface area contributed by atoms with Gasteiger partial charge >= 0.3 is 0 Å². The van der Waals surface area contributed by atoms with E-state index in [0.717, 1.165) is 43.7 Å². The molecule has 2 unspecified atom stereocenters. The van der Waals surface area contributed by atoms with Crippen LogP contribution in [0.1, 0.15) is 31.7 Å². The molecule has 0 bridgehead atoms. The van der Waals surface area contributed by atoms with E-state index < -0.39 is 0 Å². The van der Waals surface area contributed by atoms with Gasteiger partial charge in [0.2, 0.25) is 11.8 Å². The van der Waals surface area contributed by atoms with Crippen LogP contribution in [0, 0.1) is 5.92 Å². The van der Waals surface area contributed by atoms with Crippen LogP contribution < -0.4 is 16.8 Å². The van der Waals surface area contributed by atoms with Crippen molar-refractivity contribution in [3.05, 3.63) is 29.8 Å². The van der Waals surface area contributed by atoms with Crippen LogP contribution in [-0.2, 0) is 16.1 Å². The molecule has 2 rings (SSSR count). The monoisotopic (exact) mass is 390 g/mol. The normalized spacial score (nSPS) is 18.4. The number of benzene rings is 1. The van der Waals surface area contributed by atoms with Gasteiger partial charge in [-0.15, -0.1) is 24.8 Å². The number of hydrogen-bond acceptors (Lipinski definition) is 4. The van der Waals surface area contributed by atoms with E-state index in [9.17, 15) is 9.59 Å². The molecule has 0 aliphatic carbocycles. The summed E-state index contributed by atoms with van der Waals surface area (Å²) in [6.45, 7) is 4.30. The summed E-state index contributed by atoms with van der Waals surface area (Å²) in [5, 5.41) is 2.83. The first kappa shape index (κ1) is 23.7. The molecular weight excluding hydrogens is 363 g/mol. The molecular formula is C17H28Cl2N4O2. The minimum Gasteiger partial charge on any atom is -0.369 e. The number of piperidine rings is 1. The molecule has 25 heavy (non-hydrogen) atoms. The first-order valence-corrected chi connectivity index (χ1v) is 8.10. The molecule has 0 saturated carbocycles. The molecule has 1 aromatic rings. The number of primary amides is 1. The van der Waals surface area contributed by atoms with Gasteiger partial charge in [-0.2, -0.15) is 0 Å². The van der Waals surface area contributed by atoms with Crippen molar-refractivity contribution < 1.29 is 9.59 Å². The van der Waals surface area contributed by atoms with Crippen LogP contribution in [0.4, 0.5) is 5.69 Å². The maximum atomic E-state index is 11.7. The molecule has 1 saturated heterocycles. The van der Waals surface area contributed by atoms with Crippen LogP contribution in [0.5, 0.6) is 0 Å². The smallest absolute Gasteiger partial charge is 0.225 e. The largest absolute Gasteiger partial charge is 0.369 e. The average molecular weight is 391 g/mol. The molecule has 2 amide bonds. The summed E-state index contributed by atoms with van der Waals surface area (Å²) in [6.07, 6.45) is 2.19. The molecule has 0 radical (unpaired) electrons. The van der Waals surface area contributed by atoms with E-state index in [1.165, 1.54) is 0 Å². The first-order chi connectivity index (χ1) is 10.9. The zero-order chi connectivity index (χ0) is 16.8. The lowest BCUT2D eigenvalue weighted by molar-refractivity contribution is -0.123. The summed E-state index contributed by atoms with van der Waals surface area (Å²) in [5.41, 5.74) is 12.9. The molecule has 142 valence electrons. The number of rotatable bonds is 6. The summed E-state index contributed by atoms with van der Waals surface area (Å²) < 4.78 is 0. The number of likely N-dealkylation sites (tertiary alicyclic amines) is 1. The molecule has 8 heteroatoms. The van der Waals surface area contributed by atoms with E-state index in [1.54, 1.807) is 6.92 Å². The maximum Gasteiger partial charge on any atom is 0.225 e. The summed E-state index contributed by atoms with van der Waals surface area (Å²) in [7, 11) is 0. The lowest BCUT2D eigenvalue weighted by atomic mass is 9.97. The van der Waals surface area contributed by atoms with Crippen LogP contribution in [0.25, 0.3) is 0 Å². The average Bonchev–Trinajstić information content (AvgIpc) is 2.48. The number of halogens is 2. The van der Waals surface area contributed by atoms with Crippen molar-refractivity contribution in [2.45, 2.75) is 38.8 Å². The molecule has 0 spiro atoms. The van der Waals surface area contributed by atoms with Crippen molar-refractivity contribution in [3.63, 3.8) is 0 Å². The van der Waals surface area contributed by atoms with Gasteiger partial charge in [0.15, 0.2) is 0 Å². The third kappa shape index (κ3) is 8.05. The predicted octanol–water partition coefficient (Wildman–Crippen LogP) is 1.90. The SMILES string of the molecule is CC(N)CC(=O)Nc1ccc(CN2CCCC(C(N)=O)C2)cc1.Cl.Cl. The molecule has 1 heterocycles. The molecule has 0 aromatic heterocycles. The second-order valence-corrected chi connectivity index (χ2v) is 6.40. The van der Waals surface area contributed by atoms with Crippen LogP contribution in [-0.4, -0.2) is 35.8 Å². The van der Waals surface area contributed by atoms with Gasteiger partial charge in [-0.25, -0.2) is 0 Å².